The molecule has 0 aromatic heterocycles. The third-order valence-electron chi connectivity index (χ3n) is 3.93. The second-order valence-electron chi connectivity index (χ2n) is 6.30. The molecule has 8 heteroatoms. The molecule has 23 heavy (non-hydrogen) atoms. The van der Waals surface area contributed by atoms with Crippen molar-refractivity contribution in [1.29, 1.82) is 0 Å². The fraction of sp³-hybridized carbons (Fsp3) is 0.800. The minimum Gasteiger partial charge on any atom is -0.459 e. The fourth-order valence-electron chi connectivity index (χ4n) is 2.39. The minimum atomic E-state index is -1.04. The van der Waals surface area contributed by atoms with E-state index >= 15 is 0 Å². The van der Waals surface area contributed by atoms with E-state index in [-0.39, 0.29) is 23.9 Å². The van der Waals surface area contributed by atoms with Gasteiger partial charge in [0.25, 0.3) is 0 Å². The highest BCUT2D eigenvalue weighted by Crippen LogP contribution is 2.39. The van der Waals surface area contributed by atoms with Gasteiger partial charge >= 0.3 is 5.97 Å². The summed E-state index contributed by atoms with van der Waals surface area (Å²) in [4.78, 5) is 11.3. The van der Waals surface area contributed by atoms with Crippen molar-refractivity contribution >= 4 is 17.7 Å². The van der Waals surface area contributed by atoms with Crippen LogP contribution in [0.5, 0.6) is 0 Å². The van der Waals surface area contributed by atoms with Crippen LogP contribution in [0.15, 0.2) is 12.2 Å². The van der Waals surface area contributed by atoms with Gasteiger partial charge in [-0.25, -0.2) is 4.79 Å². The molecule has 0 amide bonds. The van der Waals surface area contributed by atoms with Crippen LogP contribution in [0.4, 0.5) is 0 Å². The van der Waals surface area contributed by atoms with Gasteiger partial charge in [0.05, 0.1) is 37.1 Å². The molecule has 0 radical (unpaired) electrons. The lowest BCUT2D eigenvalue weighted by atomic mass is 9.90. The van der Waals surface area contributed by atoms with Crippen LogP contribution >= 0.6 is 11.8 Å². The molecule has 0 bridgehead atoms. The third-order valence-corrected chi connectivity index (χ3v) is 4.87. The zero-order chi connectivity index (χ0) is 16.4. The number of aliphatic hydroxyl groups is 1. The summed E-state index contributed by atoms with van der Waals surface area (Å²) in [6.45, 7) is 6.59. The molecule has 0 aromatic carbocycles. The highest BCUT2D eigenvalue weighted by atomic mass is 32.2. The van der Waals surface area contributed by atoms with Crippen molar-refractivity contribution in [1.82, 2.24) is 0 Å². The number of carbonyl (C=O) groups is 1. The highest BCUT2D eigenvalue weighted by molar-refractivity contribution is 8.06. The molecule has 0 aromatic rings. The van der Waals surface area contributed by atoms with Gasteiger partial charge in [0.15, 0.2) is 12.6 Å². The van der Waals surface area contributed by atoms with Crippen molar-refractivity contribution in [2.45, 2.75) is 30.9 Å². The molecule has 2 unspecified atom stereocenters. The standard InChI is InChI=1S/C15H22O7S/c1-9(2)12(17)18-3-10(16)13-19-5-15(6-20-13)7-21-14(22-8-15)11-4-23-11/h10-11,13-14,16H,1,3-8H2,2H3. The Morgan fingerprint density at radius 3 is 2.39 bits per heavy atom. The van der Waals surface area contributed by atoms with Crippen LogP contribution in [0.2, 0.25) is 0 Å². The van der Waals surface area contributed by atoms with Gasteiger partial charge in [0.1, 0.15) is 12.7 Å². The first-order valence-electron chi connectivity index (χ1n) is 7.58. The lowest BCUT2D eigenvalue weighted by Crippen LogP contribution is -2.55. The molecule has 3 rings (SSSR count). The Morgan fingerprint density at radius 2 is 1.87 bits per heavy atom. The third kappa shape index (κ3) is 4.26. The Kier molecular flexibility index (Phi) is 5.29. The first-order chi connectivity index (χ1) is 11.0. The largest absolute Gasteiger partial charge is 0.459 e. The predicted molar refractivity (Wildman–Crippen MR) is 81.8 cm³/mol. The lowest BCUT2D eigenvalue weighted by molar-refractivity contribution is -0.316. The molecule has 1 N–H and O–H groups in total. The maximum atomic E-state index is 11.3. The molecule has 3 fully saturated rings. The van der Waals surface area contributed by atoms with Crippen molar-refractivity contribution in [2.24, 2.45) is 5.41 Å². The van der Waals surface area contributed by atoms with Crippen LogP contribution in [0, 0.1) is 5.41 Å². The Hall–Kier alpha value is -0.640. The first kappa shape index (κ1) is 17.2. The summed E-state index contributed by atoms with van der Waals surface area (Å²) in [5, 5.41) is 10.4. The van der Waals surface area contributed by atoms with E-state index in [1.165, 1.54) is 0 Å². The normalized spacial score (nSPS) is 38.1. The number of hydrogen-bond donors (Lipinski definition) is 1. The van der Waals surface area contributed by atoms with E-state index in [1.807, 2.05) is 11.8 Å². The summed E-state index contributed by atoms with van der Waals surface area (Å²) in [5.74, 6) is 0.538. The summed E-state index contributed by atoms with van der Waals surface area (Å²) in [6, 6.07) is 0. The molecule has 0 saturated carbocycles. The Balaban J connectivity index is 1.41. The van der Waals surface area contributed by atoms with Gasteiger partial charge < -0.3 is 28.8 Å². The van der Waals surface area contributed by atoms with Gasteiger partial charge in [-0.15, -0.1) is 0 Å². The number of ether oxygens (including phenoxy) is 5. The molecule has 3 saturated heterocycles. The molecule has 2 atom stereocenters. The Labute approximate surface area is 139 Å². The van der Waals surface area contributed by atoms with Crippen molar-refractivity contribution in [3.05, 3.63) is 12.2 Å². The first-order valence-corrected chi connectivity index (χ1v) is 8.63. The topological polar surface area (TPSA) is 83.5 Å². The summed E-state index contributed by atoms with van der Waals surface area (Å²) in [5.41, 5.74) is -0.0535. The summed E-state index contributed by atoms with van der Waals surface area (Å²) < 4.78 is 27.6. The predicted octanol–water partition coefficient (Wildman–Crippen LogP) is 0.314. The van der Waals surface area contributed by atoms with E-state index in [1.54, 1.807) is 6.92 Å². The monoisotopic (exact) mass is 346 g/mol. The van der Waals surface area contributed by atoms with Gasteiger partial charge in [-0.2, -0.15) is 11.8 Å². The number of rotatable bonds is 5. The maximum absolute atomic E-state index is 11.3. The highest BCUT2D eigenvalue weighted by Gasteiger charge is 2.46. The van der Waals surface area contributed by atoms with Gasteiger partial charge in [-0.3, -0.25) is 0 Å². The van der Waals surface area contributed by atoms with Gasteiger partial charge in [-0.05, 0) is 6.92 Å². The molecule has 7 nitrogen and oxygen atoms in total. The summed E-state index contributed by atoms with van der Waals surface area (Å²) in [7, 11) is 0. The lowest BCUT2D eigenvalue weighted by Gasteiger charge is -2.44. The SMILES string of the molecule is C=C(C)C(=O)OCC(O)C1OCC2(CO1)COC(C1CS1)OC2. The van der Waals surface area contributed by atoms with Crippen molar-refractivity contribution in [2.75, 3.05) is 38.8 Å². The van der Waals surface area contributed by atoms with Gasteiger partial charge in [-0.1, -0.05) is 6.58 Å². The van der Waals surface area contributed by atoms with Crippen molar-refractivity contribution in [3.63, 3.8) is 0 Å². The number of hydrogen-bond acceptors (Lipinski definition) is 8. The smallest absolute Gasteiger partial charge is 0.333 e. The molecular formula is C15H22O7S. The van der Waals surface area contributed by atoms with E-state index in [4.69, 9.17) is 23.7 Å². The van der Waals surface area contributed by atoms with Crippen LogP contribution in [-0.4, -0.2) is 73.8 Å². The van der Waals surface area contributed by atoms with Crippen molar-refractivity contribution in [3.8, 4) is 0 Å². The van der Waals surface area contributed by atoms with Crippen molar-refractivity contribution < 1.29 is 33.6 Å². The minimum absolute atomic E-state index is 0.129. The summed E-state index contributed by atoms with van der Waals surface area (Å²) >= 11 is 1.83. The fourth-order valence-corrected chi connectivity index (χ4v) is 2.98. The molecule has 3 aliphatic heterocycles. The molecular weight excluding hydrogens is 324 g/mol. The van der Waals surface area contributed by atoms with E-state index in [2.05, 4.69) is 6.58 Å². The number of esters is 1. The van der Waals surface area contributed by atoms with Crippen LogP contribution in [-0.2, 0) is 28.5 Å². The quantitative estimate of drug-likeness (QED) is 0.433. The zero-order valence-electron chi connectivity index (χ0n) is 13.1. The average molecular weight is 346 g/mol. The molecule has 3 heterocycles. The molecule has 1 spiro atoms. The van der Waals surface area contributed by atoms with E-state index in [0.29, 0.717) is 31.7 Å². The zero-order valence-corrected chi connectivity index (χ0v) is 13.9. The van der Waals surface area contributed by atoms with Crippen LogP contribution in [0.1, 0.15) is 6.92 Å². The van der Waals surface area contributed by atoms with Crippen LogP contribution < -0.4 is 0 Å². The molecule has 130 valence electrons. The Morgan fingerprint density at radius 1 is 1.30 bits per heavy atom. The summed E-state index contributed by atoms with van der Waals surface area (Å²) in [6.07, 6.45) is -2.00. The average Bonchev–Trinajstić information content (AvgIpc) is 3.38. The molecule has 3 aliphatic rings. The van der Waals surface area contributed by atoms with Gasteiger partial charge in [0.2, 0.25) is 0 Å². The molecule has 0 aliphatic carbocycles. The van der Waals surface area contributed by atoms with E-state index in [9.17, 15) is 9.90 Å². The van der Waals surface area contributed by atoms with Crippen LogP contribution in [0.25, 0.3) is 0 Å². The second-order valence-corrected chi connectivity index (χ2v) is 7.57. The van der Waals surface area contributed by atoms with Crippen LogP contribution in [0.3, 0.4) is 0 Å². The number of carbonyl (C=O) groups excluding carboxylic acids is 1. The van der Waals surface area contributed by atoms with E-state index in [0.717, 1.165) is 5.75 Å². The second kappa shape index (κ2) is 7.08. The maximum Gasteiger partial charge on any atom is 0.333 e. The van der Waals surface area contributed by atoms with E-state index < -0.39 is 18.4 Å². The number of aliphatic hydroxyl groups excluding tert-OH is 1. The van der Waals surface area contributed by atoms with Gasteiger partial charge in [0, 0.05) is 11.3 Å². The number of thioether (sulfide) groups is 1. The Bertz CT molecular complexity index is 447.